The van der Waals surface area contributed by atoms with Crippen LogP contribution in [-0.2, 0) is 0 Å². The number of carbonyl (C=O) groups excluding carboxylic acids is 1. The van der Waals surface area contributed by atoms with Crippen LogP contribution in [0.5, 0.6) is 0 Å². The predicted octanol–water partition coefficient (Wildman–Crippen LogP) is 4.38. The summed E-state index contributed by atoms with van der Waals surface area (Å²) in [6.07, 6.45) is 2.02. The van der Waals surface area contributed by atoms with Crippen molar-refractivity contribution in [2.45, 2.75) is 25.8 Å². The molecule has 1 atom stereocenters. The lowest BCUT2D eigenvalue weighted by atomic mass is 9.91. The van der Waals surface area contributed by atoms with Gasteiger partial charge < -0.3 is 10.6 Å². The fourth-order valence-corrected chi connectivity index (χ4v) is 4.25. The molecule has 3 nitrogen and oxygen atoms in total. The average Bonchev–Trinajstić information content (AvgIpc) is 3.05. The summed E-state index contributed by atoms with van der Waals surface area (Å²) in [6, 6.07) is 12.4. The second-order valence-corrected chi connectivity index (χ2v) is 8.16. The number of piperidine rings is 1. The van der Waals surface area contributed by atoms with Gasteiger partial charge in [0.15, 0.2) is 0 Å². The summed E-state index contributed by atoms with van der Waals surface area (Å²) in [5, 5.41) is 0. The Labute approximate surface area is 149 Å². The molecule has 0 radical (unpaired) electrons. The molecule has 1 aliphatic rings. The van der Waals surface area contributed by atoms with Gasteiger partial charge in [-0.1, -0.05) is 28.1 Å². The quantitative estimate of drug-likeness (QED) is 0.842. The number of amides is 1. The molecule has 0 spiro atoms. The molecule has 5 heteroatoms. The number of hydrogen-bond donors (Lipinski definition) is 1. The Kier molecular flexibility index (Phi) is 5.19. The molecule has 0 saturated carbocycles. The van der Waals surface area contributed by atoms with Crippen LogP contribution in [-0.4, -0.2) is 29.9 Å². The number of hydrogen-bond acceptors (Lipinski definition) is 3. The molecule has 1 aliphatic heterocycles. The third-order valence-electron chi connectivity index (χ3n) is 4.52. The van der Waals surface area contributed by atoms with Crippen molar-refractivity contribution in [2.24, 2.45) is 11.7 Å². The molecule has 1 aromatic carbocycles. The van der Waals surface area contributed by atoms with E-state index in [9.17, 15) is 4.79 Å². The molecule has 1 saturated heterocycles. The van der Waals surface area contributed by atoms with Gasteiger partial charge in [-0.05, 0) is 55.5 Å². The van der Waals surface area contributed by atoms with Gasteiger partial charge in [-0.15, -0.1) is 11.3 Å². The molecule has 1 fully saturated rings. The largest absolute Gasteiger partial charge is 0.338 e. The topological polar surface area (TPSA) is 46.3 Å². The van der Waals surface area contributed by atoms with Crippen LogP contribution in [0, 0.1) is 5.92 Å². The van der Waals surface area contributed by atoms with Crippen LogP contribution in [0.1, 0.15) is 29.4 Å². The van der Waals surface area contributed by atoms with E-state index in [1.807, 2.05) is 29.2 Å². The molecule has 0 bridgehead atoms. The maximum Gasteiger partial charge on any atom is 0.263 e. The molecule has 2 heterocycles. The van der Waals surface area contributed by atoms with Crippen molar-refractivity contribution in [1.82, 2.24) is 4.90 Å². The first kappa shape index (κ1) is 16.7. The highest BCUT2D eigenvalue weighted by molar-refractivity contribution is 9.10. The first-order valence-electron chi connectivity index (χ1n) is 7.95. The zero-order valence-electron chi connectivity index (χ0n) is 13.2. The first-order chi connectivity index (χ1) is 11.0. The highest BCUT2D eigenvalue weighted by atomic mass is 79.9. The summed E-state index contributed by atoms with van der Waals surface area (Å²) in [5.74, 6) is 0.696. The van der Waals surface area contributed by atoms with Gasteiger partial charge in [0.1, 0.15) is 0 Å². The van der Waals surface area contributed by atoms with E-state index < -0.39 is 0 Å². The second kappa shape index (κ2) is 7.16. The average molecular weight is 393 g/mol. The van der Waals surface area contributed by atoms with Crippen LogP contribution in [0.3, 0.4) is 0 Å². The van der Waals surface area contributed by atoms with Crippen LogP contribution < -0.4 is 5.73 Å². The zero-order valence-corrected chi connectivity index (χ0v) is 15.6. The molecule has 122 valence electrons. The SMILES string of the molecule is CC(N)C1CCN(C(=O)c2ccc(-c3ccc(Br)cc3)s2)CC1. The van der Waals surface area contributed by atoms with Crippen molar-refractivity contribution in [1.29, 1.82) is 0 Å². The van der Waals surface area contributed by atoms with E-state index in [1.54, 1.807) is 11.3 Å². The van der Waals surface area contributed by atoms with Gasteiger partial charge in [-0.25, -0.2) is 0 Å². The standard InChI is InChI=1S/C18H21BrN2OS/c1-12(20)13-8-10-21(11-9-13)18(22)17-7-6-16(23-17)14-2-4-15(19)5-3-14/h2-7,12-13H,8-11,20H2,1H3. The van der Waals surface area contributed by atoms with Crippen molar-refractivity contribution in [3.05, 3.63) is 45.7 Å². The number of halogens is 1. The van der Waals surface area contributed by atoms with Gasteiger partial charge >= 0.3 is 0 Å². The number of nitrogens with two attached hydrogens (primary N) is 1. The van der Waals surface area contributed by atoms with Gasteiger partial charge in [0.2, 0.25) is 0 Å². The van der Waals surface area contributed by atoms with E-state index in [0.717, 1.165) is 45.7 Å². The zero-order chi connectivity index (χ0) is 16.4. The van der Waals surface area contributed by atoms with Crippen LogP contribution >= 0.6 is 27.3 Å². The van der Waals surface area contributed by atoms with E-state index in [0.29, 0.717) is 5.92 Å². The minimum atomic E-state index is 0.154. The van der Waals surface area contributed by atoms with E-state index >= 15 is 0 Å². The van der Waals surface area contributed by atoms with Crippen LogP contribution in [0.4, 0.5) is 0 Å². The van der Waals surface area contributed by atoms with Crippen LogP contribution in [0.2, 0.25) is 0 Å². The molecule has 3 rings (SSSR count). The molecule has 2 aromatic rings. The van der Waals surface area contributed by atoms with Crippen LogP contribution in [0.25, 0.3) is 10.4 Å². The number of benzene rings is 1. The second-order valence-electron chi connectivity index (χ2n) is 6.16. The Balaban J connectivity index is 1.68. The summed E-state index contributed by atoms with van der Waals surface area (Å²) >= 11 is 5.02. The fourth-order valence-electron chi connectivity index (χ4n) is 3.01. The van der Waals surface area contributed by atoms with Gasteiger partial charge in [0.05, 0.1) is 4.88 Å². The van der Waals surface area contributed by atoms with Crippen molar-refractivity contribution < 1.29 is 4.79 Å². The summed E-state index contributed by atoms with van der Waals surface area (Å²) in [6.45, 7) is 3.69. The van der Waals surface area contributed by atoms with E-state index in [-0.39, 0.29) is 11.9 Å². The number of likely N-dealkylation sites (tertiary alicyclic amines) is 1. The van der Waals surface area contributed by atoms with Gasteiger partial charge in [-0.3, -0.25) is 4.79 Å². The lowest BCUT2D eigenvalue weighted by Gasteiger charge is -2.33. The fraction of sp³-hybridized carbons (Fsp3) is 0.389. The molecule has 0 aliphatic carbocycles. The summed E-state index contributed by atoms with van der Waals surface area (Å²) in [4.78, 5) is 16.6. The smallest absolute Gasteiger partial charge is 0.263 e. The Morgan fingerprint density at radius 1 is 1.22 bits per heavy atom. The van der Waals surface area contributed by atoms with Crippen molar-refractivity contribution >= 4 is 33.2 Å². The number of carbonyl (C=O) groups is 1. The predicted molar refractivity (Wildman–Crippen MR) is 99.7 cm³/mol. The van der Waals surface area contributed by atoms with Gasteiger partial charge in [0, 0.05) is 28.5 Å². The number of thiophene rings is 1. The minimum Gasteiger partial charge on any atom is -0.338 e. The van der Waals surface area contributed by atoms with Crippen molar-refractivity contribution in [3.8, 4) is 10.4 Å². The third-order valence-corrected chi connectivity index (χ3v) is 6.17. The molecule has 1 unspecified atom stereocenters. The van der Waals surface area contributed by atoms with Gasteiger partial charge in [0.25, 0.3) is 5.91 Å². The maximum absolute atomic E-state index is 12.7. The molecular formula is C18H21BrN2OS. The monoisotopic (exact) mass is 392 g/mol. The highest BCUT2D eigenvalue weighted by Gasteiger charge is 2.26. The normalized spacial score (nSPS) is 17.3. The van der Waals surface area contributed by atoms with Gasteiger partial charge in [-0.2, -0.15) is 0 Å². The van der Waals surface area contributed by atoms with E-state index in [2.05, 4.69) is 35.0 Å². The minimum absolute atomic E-state index is 0.154. The lowest BCUT2D eigenvalue weighted by Crippen LogP contribution is -2.42. The van der Waals surface area contributed by atoms with Crippen LogP contribution in [0.15, 0.2) is 40.9 Å². The molecule has 2 N–H and O–H groups in total. The summed E-state index contributed by atoms with van der Waals surface area (Å²) < 4.78 is 1.06. The maximum atomic E-state index is 12.7. The number of rotatable bonds is 3. The molecular weight excluding hydrogens is 372 g/mol. The highest BCUT2D eigenvalue weighted by Crippen LogP contribution is 2.30. The Morgan fingerprint density at radius 3 is 2.48 bits per heavy atom. The lowest BCUT2D eigenvalue weighted by molar-refractivity contribution is 0.0686. The Morgan fingerprint density at radius 2 is 1.87 bits per heavy atom. The number of nitrogens with zero attached hydrogens (tertiary/aromatic N) is 1. The summed E-state index contributed by atoms with van der Waals surface area (Å²) in [5.41, 5.74) is 7.12. The van der Waals surface area contributed by atoms with E-state index in [4.69, 9.17) is 5.73 Å². The molecule has 23 heavy (non-hydrogen) atoms. The Bertz CT molecular complexity index is 673. The molecule has 1 amide bonds. The summed E-state index contributed by atoms with van der Waals surface area (Å²) in [7, 11) is 0. The third kappa shape index (κ3) is 3.84. The molecule has 1 aromatic heterocycles. The van der Waals surface area contributed by atoms with Crippen molar-refractivity contribution in [2.75, 3.05) is 13.1 Å². The van der Waals surface area contributed by atoms with Crippen molar-refractivity contribution in [3.63, 3.8) is 0 Å². The van der Waals surface area contributed by atoms with E-state index in [1.165, 1.54) is 0 Å². The Hall–Kier alpha value is -1.17. The first-order valence-corrected chi connectivity index (χ1v) is 9.56.